The maximum absolute atomic E-state index is 3.00. The van der Waals surface area contributed by atoms with Crippen molar-refractivity contribution in [2.24, 2.45) is 0 Å². The predicted molar refractivity (Wildman–Crippen MR) is 40.4 cm³/mol. The van der Waals surface area contributed by atoms with E-state index in [2.05, 4.69) is 24.6 Å². The van der Waals surface area contributed by atoms with Crippen molar-refractivity contribution in [1.82, 2.24) is 0 Å². The van der Waals surface area contributed by atoms with Gasteiger partial charge < -0.3 is 0 Å². The Morgan fingerprint density at radius 2 is 1.78 bits per heavy atom. The van der Waals surface area contributed by atoms with Crippen LogP contribution in [-0.4, -0.2) is 5.75 Å². The molecule has 0 N–H and O–H groups in total. The molecule has 1 aliphatic heterocycles. The quantitative estimate of drug-likeness (QED) is 0.217. The molecule has 0 bridgehead atoms. The van der Waals surface area contributed by atoms with Crippen molar-refractivity contribution in [2.75, 3.05) is 5.75 Å². The van der Waals surface area contributed by atoms with E-state index >= 15 is 0 Å². The fraction of sp³-hybridized carbons (Fsp3) is 0.200. The van der Waals surface area contributed by atoms with Gasteiger partial charge in [-0.15, -0.1) is 13.2 Å². The summed E-state index contributed by atoms with van der Waals surface area (Å²) in [6, 6.07) is 0. The van der Waals surface area contributed by atoms with E-state index < -0.39 is 0 Å². The monoisotopic (exact) mass is 178 g/mol. The van der Waals surface area contributed by atoms with Crippen molar-refractivity contribution in [3.05, 3.63) is 24.6 Å². The van der Waals surface area contributed by atoms with E-state index in [-0.39, 0.29) is 59.1 Å². The van der Waals surface area contributed by atoms with Crippen LogP contribution in [0.2, 0.25) is 0 Å². The number of rotatable bonds is 0. The smallest absolute Gasteiger partial charge is 0.106 e. The summed E-state index contributed by atoms with van der Waals surface area (Å²) in [5.41, 5.74) is 0. The van der Waals surface area contributed by atoms with E-state index in [4.69, 9.17) is 0 Å². The molecular formula is C5H8Na2S2+2. The summed E-state index contributed by atoms with van der Waals surface area (Å²) in [5.74, 6) is 1.20. The second-order valence-corrected chi connectivity index (χ2v) is 3.07. The predicted octanol–water partition coefficient (Wildman–Crippen LogP) is -3.29. The first-order valence-corrected chi connectivity index (χ1v) is 4.31. The molecule has 1 rings (SSSR count). The van der Waals surface area contributed by atoms with Crippen molar-refractivity contribution in [3.8, 4) is 0 Å². The fourth-order valence-corrected chi connectivity index (χ4v) is 1.77. The van der Waals surface area contributed by atoms with Crippen molar-refractivity contribution in [3.63, 3.8) is 0 Å². The van der Waals surface area contributed by atoms with Crippen LogP contribution in [0.3, 0.4) is 0 Å². The topological polar surface area (TPSA) is 0 Å². The summed E-state index contributed by atoms with van der Waals surface area (Å²) in [7, 11) is 3.69. The molecule has 0 spiro atoms. The SMILES string of the molecule is C1=CSSC1.C=C.[Na+].[Na+]. The third-order valence-corrected chi connectivity index (χ3v) is 2.30. The van der Waals surface area contributed by atoms with Crippen LogP contribution in [0.4, 0.5) is 0 Å². The fourth-order valence-electron chi connectivity index (χ4n) is 0.196. The Morgan fingerprint density at radius 1 is 1.22 bits per heavy atom. The number of hydrogen-bond donors (Lipinski definition) is 0. The molecule has 4 heteroatoms. The molecule has 0 fully saturated rings. The molecule has 0 amide bonds. The van der Waals surface area contributed by atoms with E-state index in [9.17, 15) is 0 Å². The van der Waals surface area contributed by atoms with Gasteiger partial charge in [-0.25, -0.2) is 0 Å². The first-order valence-electron chi connectivity index (χ1n) is 1.93. The van der Waals surface area contributed by atoms with Crippen LogP contribution in [0.15, 0.2) is 24.6 Å². The van der Waals surface area contributed by atoms with Crippen LogP contribution in [0.5, 0.6) is 0 Å². The molecule has 1 aliphatic rings. The van der Waals surface area contributed by atoms with E-state index in [0.29, 0.717) is 0 Å². The van der Waals surface area contributed by atoms with Gasteiger partial charge in [-0.05, 0) is 5.41 Å². The average molecular weight is 178 g/mol. The summed E-state index contributed by atoms with van der Waals surface area (Å²) in [4.78, 5) is 0. The van der Waals surface area contributed by atoms with Crippen molar-refractivity contribution in [2.45, 2.75) is 0 Å². The van der Waals surface area contributed by atoms with Crippen LogP contribution in [-0.2, 0) is 0 Å². The minimum absolute atomic E-state index is 0. The Kier molecular flexibility index (Phi) is 32.0. The molecule has 40 valence electrons. The molecule has 0 aliphatic carbocycles. The molecule has 0 saturated carbocycles. The van der Waals surface area contributed by atoms with E-state index in [0.717, 1.165) is 0 Å². The third-order valence-electron chi connectivity index (χ3n) is 0.384. The molecule has 0 unspecified atom stereocenters. The Bertz CT molecular complexity index is 60.0. The van der Waals surface area contributed by atoms with Crippen LogP contribution in [0, 0.1) is 0 Å². The van der Waals surface area contributed by atoms with E-state index in [1.807, 2.05) is 21.6 Å². The minimum Gasteiger partial charge on any atom is -0.106 e. The van der Waals surface area contributed by atoms with Gasteiger partial charge in [0.1, 0.15) is 0 Å². The van der Waals surface area contributed by atoms with E-state index in [1.54, 1.807) is 0 Å². The zero-order chi connectivity index (χ0) is 5.54. The van der Waals surface area contributed by atoms with Gasteiger partial charge >= 0.3 is 59.1 Å². The minimum atomic E-state index is 0. The second-order valence-electron chi connectivity index (χ2n) is 0.753. The van der Waals surface area contributed by atoms with Crippen LogP contribution in [0.1, 0.15) is 0 Å². The van der Waals surface area contributed by atoms with Crippen molar-refractivity contribution in [1.29, 1.82) is 0 Å². The molecule has 0 atom stereocenters. The summed E-state index contributed by atoms with van der Waals surface area (Å²) in [6.45, 7) is 6.00. The van der Waals surface area contributed by atoms with E-state index in [1.165, 1.54) is 5.75 Å². The molecule has 0 aromatic carbocycles. The van der Waals surface area contributed by atoms with Gasteiger partial charge in [-0.3, -0.25) is 0 Å². The maximum atomic E-state index is 3.00. The van der Waals surface area contributed by atoms with Gasteiger partial charge in [0.15, 0.2) is 0 Å². The van der Waals surface area contributed by atoms with Crippen LogP contribution >= 0.6 is 21.6 Å². The molecule has 0 aromatic rings. The molecular weight excluding hydrogens is 170 g/mol. The first kappa shape index (κ1) is 17.3. The molecule has 0 aromatic heterocycles. The maximum Gasteiger partial charge on any atom is 1.00 e. The Morgan fingerprint density at radius 3 is 1.89 bits per heavy atom. The average Bonchev–Trinajstić information content (AvgIpc) is 2.23. The summed E-state index contributed by atoms with van der Waals surface area (Å²) < 4.78 is 0. The Hall–Kier alpha value is 2.18. The normalized spacial score (nSPS) is 12.0. The Labute approximate surface area is 109 Å². The molecule has 1 heterocycles. The molecule has 0 saturated heterocycles. The van der Waals surface area contributed by atoms with Gasteiger partial charge in [0.25, 0.3) is 0 Å². The molecule has 0 radical (unpaired) electrons. The zero-order valence-electron chi connectivity index (χ0n) is 6.09. The molecule has 0 nitrogen and oxygen atoms in total. The van der Waals surface area contributed by atoms with Gasteiger partial charge in [-0.1, -0.05) is 27.7 Å². The second kappa shape index (κ2) is 16.6. The van der Waals surface area contributed by atoms with Crippen LogP contribution < -0.4 is 59.1 Å². The summed E-state index contributed by atoms with van der Waals surface area (Å²) >= 11 is 0. The third kappa shape index (κ3) is 13.2. The first-order chi connectivity index (χ1) is 3.50. The number of hydrogen-bond acceptors (Lipinski definition) is 2. The molecule has 9 heavy (non-hydrogen) atoms. The largest absolute Gasteiger partial charge is 1.00 e. The summed E-state index contributed by atoms with van der Waals surface area (Å²) in [5, 5.41) is 2.12. The van der Waals surface area contributed by atoms with Gasteiger partial charge in [0.2, 0.25) is 0 Å². The van der Waals surface area contributed by atoms with Gasteiger partial charge in [-0.2, -0.15) is 0 Å². The zero-order valence-corrected chi connectivity index (χ0v) is 11.7. The standard InChI is InChI=1S/C3H4S2.C2H4.2Na/c1-2-4-5-3-1;1-2;;/h1-2H,3H2;1-2H2;;/q;;2*+1. The summed E-state index contributed by atoms with van der Waals surface area (Å²) in [6.07, 6.45) is 2.16. The van der Waals surface area contributed by atoms with Crippen molar-refractivity contribution < 1.29 is 59.1 Å². The van der Waals surface area contributed by atoms with Gasteiger partial charge in [0, 0.05) is 5.75 Å². The van der Waals surface area contributed by atoms with Crippen molar-refractivity contribution >= 4 is 21.6 Å². The Balaban J connectivity index is -0.0000000836. The van der Waals surface area contributed by atoms with Gasteiger partial charge in [0.05, 0.1) is 0 Å². The van der Waals surface area contributed by atoms with Crippen LogP contribution in [0.25, 0.3) is 0 Å².